The van der Waals surface area contributed by atoms with Crippen LogP contribution in [0.1, 0.15) is 39.6 Å². The highest BCUT2D eigenvalue weighted by Gasteiger charge is 2.32. The maximum atomic E-state index is 12.7. The largest absolute Gasteiger partial charge is 0.290 e. The van der Waals surface area contributed by atoms with Gasteiger partial charge in [0, 0.05) is 22.9 Å². The molecular formula is C26H19ClN6O3S. The molecule has 1 atom stereocenters. The summed E-state index contributed by atoms with van der Waals surface area (Å²) in [5.74, 6) is -0.535. The van der Waals surface area contributed by atoms with Crippen molar-refractivity contribution in [2.45, 2.75) is 12.5 Å². The average molecular weight is 531 g/mol. The molecule has 1 amide bonds. The van der Waals surface area contributed by atoms with Gasteiger partial charge in [0.1, 0.15) is 5.69 Å². The Morgan fingerprint density at radius 3 is 2.59 bits per heavy atom. The number of nitro benzene ring substituents is 1. The number of carbonyl (C=O) groups is 1. The van der Waals surface area contributed by atoms with Crippen molar-refractivity contribution in [3.8, 4) is 0 Å². The molecule has 37 heavy (non-hydrogen) atoms. The fourth-order valence-corrected chi connectivity index (χ4v) is 4.82. The van der Waals surface area contributed by atoms with Crippen molar-refractivity contribution in [2.75, 3.05) is 5.01 Å². The van der Waals surface area contributed by atoms with E-state index in [1.165, 1.54) is 23.6 Å². The predicted molar refractivity (Wildman–Crippen MR) is 145 cm³/mol. The Hall–Kier alpha value is -4.41. The van der Waals surface area contributed by atoms with E-state index in [0.29, 0.717) is 16.6 Å². The van der Waals surface area contributed by atoms with Gasteiger partial charge in [-0.05, 0) is 29.3 Å². The standard InChI is InChI=1S/C26H19ClN6O3S/c27-20-12-10-18(11-13-20)24-14-21(17-6-2-1-3-7-17)31-32(24)26-29-22(16-37-26)25(34)30-28-15-19-8-4-5-9-23(19)33(35)36/h1-13,15-16,24H,14H2,(H,30,34)/b28-15+. The molecule has 9 nitrogen and oxygen atoms in total. The Kier molecular flexibility index (Phi) is 7.02. The highest BCUT2D eigenvalue weighted by Crippen LogP contribution is 2.38. The Morgan fingerprint density at radius 1 is 1.11 bits per heavy atom. The minimum atomic E-state index is -0.535. The van der Waals surface area contributed by atoms with Gasteiger partial charge in [-0.25, -0.2) is 15.4 Å². The molecule has 1 aromatic heterocycles. The second-order valence-corrected chi connectivity index (χ2v) is 9.33. The Morgan fingerprint density at radius 2 is 1.84 bits per heavy atom. The van der Waals surface area contributed by atoms with Crippen molar-refractivity contribution < 1.29 is 9.72 Å². The second kappa shape index (κ2) is 10.7. The van der Waals surface area contributed by atoms with Crippen LogP contribution in [0.4, 0.5) is 10.8 Å². The first kappa shape index (κ1) is 24.3. The normalized spacial score (nSPS) is 15.1. The molecule has 0 fully saturated rings. The molecule has 5 rings (SSSR count). The van der Waals surface area contributed by atoms with Crippen molar-refractivity contribution in [3.63, 3.8) is 0 Å². The number of nitrogens with one attached hydrogen (secondary N) is 1. The zero-order valence-corrected chi connectivity index (χ0v) is 20.8. The Labute approximate surface area is 220 Å². The lowest BCUT2D eigenvalue weighted by molar-refractivity contribution is -0.385. The number of halogens is 1. The van der Waals surface area contributed by atoms with E-state index in [1.807, 2.05) is 59.6 Å². The number of nitrogens with zero attached hydrogens (tertiary/aromatic N) is 5. The van der Waals surface area contributed by atoms with Gasteiger partial charge in [0.15, 0.2) is 0 Å². The maximum Gasteiger partial charge on any atom is 0.290 e. The van der Waals surface area contributed by atoms with Crippen LogP contribution in [-0.2, 0) is 0 Å². The zero-order valence-electron chi connectivity index (χ0n) is 19.2. The molecule has 0 spiro atoms. The summed E-state index contributed by atoms with van der Waals surface area (Å²) in [6.07, 6.45) is 1.89. The van der Waals surface area contributed by atoms with Crippen molar-refractivity contribution in [1.82, 2.24) is 10.4 Å². The molecule has 0 saturated heterocycles. The van der Waals surface area contributed by atoms with Gasteiger partial charge in [-0.2, -0.15) is 10.2 Å². The number of nitro groups is 1. The molecule has 1 N–H and O–H groups in total. The fraction of sp³-hybridized carbons (Fsp3) is 0.0769. The summed E-state index contributed by atoms with van der Waals surface area (Å²) in [6, 6.07) is 23.5. The number of thiazole rings is 1. The molecule has 4 aromatic rings. The summed E-state index contributed by atoms with van der Waals surface area (Å²) in [5.41, 5.74) is 5.67. The lowest BCUT2D eigenvalue weighted by Gasteiger charge is -2.21. The summed E-state index contributed by atoms with van der Waals surface area (Å²) < 4.78 is 0. The van der Waals surface area contributed by atoms with Crippen LogP contribution in [0.5, 0.6) is 0 Å². The van der Waals surface area contributed by atoms with Gasteiger partial charge in [-0.3, -0.25) is 14.9 Å². The molecule has 2 heterocycles. The minimum absolute atomic E-state index is 0.106. The van der Waals surface area contributed by atoms with E-state index in [-0.39, 0.29) is 23.0 Å². The van der Waals surface area contributed by atoms with Gasteiger partial charge >= 0.3 is 0 Å². The van der Waals surface area contributed by atoms with Crippen LogP contribution in [0.3, 0.4) is 0 Å². The van der Waals surface area contributed by atoms with Gasteiger partial charge in [-0.1, -0.05) is 66.2 Å². The van der Waals surface area contributed by atoms with Crippen LogP contribution < -0.4 is 10.4 Å². The van der Waals surface area contributed by atoms with Crippen molar-refractivity contribution in [3.05, 3.63) is 122 Å². The van der Waals surface area contributed by atoms with Crippen LogP contribution >= 0.6 is 22.9 Å². The van der Waals surface area contributed by atoms with Crippen LogP contribution in [0.15, 0.2) is 94.4 Å². The number of hydrazone groups is 2. The minimum Gasteiger partial charge on any atom is -0.266 e. The lowest BCUT2D eigenvalue weighted by Crippen LogP contribution is -2.20. The Bertz CT molecular complexity index is 1500. The number of para-hydroxylation sites is 1. The summed E-state index contributed by atoms with van der Waals surface area (Å²) in [7, 11) is 0. The summed E-state index contributed by atoms with van der Waals surface area (Å²) in [6.45, 7) is 0. The van der Waals surface area contributed by atoms with E-state index < -0.39 is 10.8 Å². The van der Waals surface area contributed by atoms with E-state index in [9.17, 15) is 14.9 Å². The molecule has 1 aliphatic heterocycles. The first-order chi connectivity index (χ1) is 18.0. The molecule has 0 aliphatic carbocycles. The molecular weight excluding hydrogens is 512 g/mol. The zero-order chi connectivity index (χ0) is 25.8. The van der Waals surface area contributed by atoms with Crippen LogP contribution in [0, 0.1) is 10.1 Å². The second-order valence-electron chi connectivity index (χ2n) is 8.06. The number of amides is 1. The third kappa shape index (κ3) is 5.40. The fourth-order valence-electron chi connectivity index (χ4n) is 3.89. The maximum absolute atomic E-state index is 12.7. The van der Waals surface area contributed by atoms with E-state index in [2.05, 4.69) is 15.5 Å². The number of rotatable bonds is 7. The van der Waals surface area contributed by atoms with Gasteiger partial charge in [-0.15, -0.1) is 11.3 Å². The monoisotopic (exact) mass is 530 g/mol. The van der Waals surface area contributed by atoms with Crippen LogP contribution in [0.25, 0.3) is 0 Å². The van der Waals surface area contributed by atoms with E-state index in [4.69, 9.17) is 16.7 Å². The van der Waals surface area contributed by atoms with E-state index in [1.54, 1.807) is 23.6 Å². The predicted octanol–water partition coefficient (Wildman–Crippen LogP) is 5.82. The molecule has 0 saturated carbocycles. The molecule has 3 aromatic carbocycles. The Balaban J connectivity index is 1.37. The quantitative estimate of drug-likeness (QED) is 0.184. The van der Waals surface area contributed by atoms with E-state index in [0.717, 1.165) is 16.8 Å². The van der Waals surface area contributed by atoms with Gasteiger partial charge in [0.25, 0.3) is 11.6 Å². The smallest absolute Gasteiger partial charge is 0.266 e. The number of hydrogen-bond acceptors (Lipinski definition) is 8. The molecule has 0 bridgehead atoms. The molecule has 184 valence electrons. The van der Waals surface area contributed by atoms with Crippen molar-refractivity contribution in [1.29, 1.82) is 0 Å². The number of benzene rings is 3. The number of hydrogen-bond donors (Lipinski definition) is 1. The first-order valence-corrected chi connectivity index (χ1v) is 12.5. The summed E-state index contributed by atoms with van der Waals surface area (Å²) in [4.78, 5) is 27.8. The highest BCUT2D eigenvalue weighted by molar-refractivity contribution is 7.14. The van der Waals surface area contributed by atoms with Crippen molar-refractivity contribution >= 4 is 51.6 Å². The van der Waals surface area contributed by atoms with Gasteiger partial charge in [0.2, 0.25) is 5.13 Å². The SMILES string of the molecule is O=C(N/N=C/c1ccccc1[N+](=O)[O-])c1csc(N2N=C(c3ccccc3)CC2c2ccc(Cl)cc2)n1. The van der Waals surface area contributed by atoms with Crippen molar-refractivity contribution in [2.24, 2.45) is 10.2 Å². The lowest BCUT2D eigenvalue weighted by atomic mass is 9.99. The van der Waals surface area contributed by atoms with Crippen LogP contribution in [-0.4, -0.2) is 27.7 Å². The highest BCUT2D eigenvalue weighted by atomic mass is 35.5. The van der Waals surface area contributed by atoms with Gasteiger partial charge < -0.3 is 0 Å². The molecule has 11 heteroatoms. The summed E-state index contributed by atoms with van der Waals surface area (Å²) in [5, 5.41) is 24.5. The molecule has 0 radical (unpaired) electrons. The van der Waals surface area contributed by atoms with Crippen LogP contribution in [0.2, 0.25) is 5.02 Å². The number of aromatic nitrogens is 1. The first-order valence-electron chi connectivity index (χ1n) is 11.2. The number of carbonyl (C=O) groups excluding carboxylic acids is 1. The summed E-state index contributed by atoms with van der Waals surface area (Å²) >= 11 is 7.39. The third-order valence-corrected chi connectivity index (χ3v) is 6.78. The molecule has 1 unspecified atom stereocenters. The van der Waals surface area contributed by atoms with Gasteiger partial charge in [0.05, 0.1) is 28.5 Å². The molecule has 1 aliphatic rings. The average Bonchev–Trinajstić information content (AvgIpc) is 3.58. The van der Waals surface area contributed by atoms with E-state index >= 15 is 0 Å². The number of anilines is 1. The topological polar surface area (TPSA) is 113 Å². The third-order valence-electron chi connectivity index (χ3n) is 5.70.